The van der Waals surface area contributed by atoms with Gasteiger partial charge in [-0.25, -0.2) is 0 Å². The van der Waals surface area contributed by atoms with Gasteiger partial charge in [0.05, 0.1) is 22.8 Å². The second-order valence-corrected chi connectivity index (χ2v) is 7.95. The van der Waals surface area contributed by atoms with E-state index in [2.05, 4.69) is 30.7 Å². The molecule has 0 aromatic heterocycles. The smallest absolute Gasteiger partial charge is 0.196 e. The number of para-hydroxylation sites is 1. The summed E-state index contributed by atoms with van der Waals surface area (Å²) in [5.74, 6) is 1.27. The summed E-state index contributed by atoms with van der Waals surface area (Å²) in [7, 11) is 0. The molecule has 3 rings (SSSR count). The molecule has 1 aromatic carbocycles. The highest BCUT2D eigenvalue weighted by atomic mass is 35.5. The molecule has 1 aromatic rings. The summed E-state index contributed by atoms with van der Waals surface area (Å²) in [5, 5.41) is 0.743. The maximum Gasteiger partial charge on any atom is 0.196 e. The Bertz CT molecular complexity index is 581. The third-order valence-corrected chi connectivity index (χ3v) is 5.09. The summed E-state index contributed by atoms with van der Waals surface area (Å²) < 4.78 is 0. The molecule has 0 radical (unpaired) electrons. The van der Waals surface area contributed by atoms with Crippen LogP contribution in [0.15, 0.2) is 29.3 Å². The van der Waals surface area contributed by atoms with Crippen LogP contribution in [0, 0.1) is 11.3 Å². The minimum atomic E-state index is -0.0176. The maximum atomic E-state index is 6.43. The Kier molecular flexibility index (Phi) is 3.44. The van der Waals surface area contributed by atoms with E-state index < -0.39 is 0 Å². The van der Waals surface area contributed by atoms with Crippen molar-refractivity contribution < 1.29 is 0 Å². The molecule has 21 heavy (non-hydrogen) atoms. The molecule has 1 fully saturated rings. The van der Waals surface area contributed by atoms with Gasteiger partial charge in [-0.2, -0.15) is 0 Å². The first kappa shape index (κ1) is 14.7. The quantitative estimate of drug-likeness (QED) is 0.850. The zero-order valence-electron chi connectivity index (χ0n) is 13.1. The van der Waals surface area contributed by atoms with Crippen LogP contribution in [0.4, 0.5) is 5.69 Å². The molecule has 2 unspecified atom stereocenters. The molecule has 3 nitrogen and oxygen atoms in total. The molecule has 1 heterocycles. The highest BCUT2D eigenvalue weighted by molar-refractivity contribution is 6.34. The fourth-order valence-electron chi connectivity index (χ4n) is 4.61. The molecule has 0 amide bonds. The fourth-order valence-corrected chi connectivity index (χ4v) is 4.83. The summed E-state index contributed by atoms with van der Waals surface area (Å²) in [6.45, 7) is 7.81. The van der Waals surface area contributed by atoms with Crippen molar-refractivity contribution in [2.75, 3.05) is 11.4 Å². The molecule has 2 N–H and O–H groups in total. The average Bonchev–Trinajstić information content (AvgIpc) is 2.64. The number of rotatable bonds is 1. The van der Waals surface area contributed by atoms with Crippen molar-refractivity contribution >= 4 is 23.2 Å². The van der Waals surface area contributed by atoms with Gasteiger partial charge in [-0.3, -0.25) is 4.99 Å². The van der Waals surface area contributed by atoms with E-state index in [1.165, 1.54) is 6.42 Å². The molecule has 114 valence electrons. The third kappa shape index (κ3) is 2.52. The molecule has 2 aliphatic rings. The Balaban J connectivity index is 2.05. The lowest BCUT2D eigenvalue weighted by molar-refractivity contribution is 0.119. The van der Waals surface area contributed by atoms with Crippen molar-refractivity contribution in [1.82, 2.24) is 0 Å². The minimum absolute atomic E-state index is 0.0176. The van der Waals surface area contributed by atoms with Gasteiger partial charge in [-0.1, -0.05) is 44.5 Å². The number of benzene rings is 1. The molecular weight excluding hydrogens is 282 g/mol. The van der Waals surface area contributed by atoms with Gasteiger partial charge in [-0.05, 0) is 42.7 Å². The first-order valence-corrected chi connectivity index (χ1v) is 8.06. The van der Waals surface area contributed by atoms with Gasteiger partial charge in [0.25, 0.3) is 0 Å². The van der Waals surface area contributed by atoms with Crippen LogP contribution in [-0.4, -0.2) is 18.0 Å². The van der Waals surface area contributed by atoms with Gasteiger partial charge in [0.2, 0.25) is 0 Å². The van der Waals surface area contributed by atoms with E-state index in [1.807, 2.05) is 24.3 Å². The maximum absolute atomic E-state index is 6.43. The summed E-state index contributed by atoms with van der Waals surface area (Å²) >= 11 is 6.43. The van der Waals surface area contributed by atoms with Crippen LogP contribution in [-0.2, 0) is 0 Å². The normalized spacial score (nSPS) is 31.5. The van der Waals surface area contributed by atoms with Crippen LogP contribution in [0.2, 0.25) is 5.02 Å². The summed E-state index contributed by atoms with van der Waals surface area (Å²) in [4.78, 5) is 6.77. The van der Waals surface area contributed by atoms with Gasteiger partial charge >= 0.3 is 0 Å². The Morgan fingerprint density at radius 2 is 2.00 bits per heavy atom. The first-order valence-electron chi connectivity index (χ1n) is 7.68. The number of aliphatic imine (C=N–C) groups is 1. The van der Waals surface area contributed by atoms with Crippen molar-refractivity contribution in [3.63, 3.8) is 0 Å². The van der Waals surface area contributed by atoms with Gasteiger partial charge in [0.1, 0.15) is 0 Å². The SMILES string of the molecule is CC1CC(C)(C)CC2(CN=C(N)N2c2ccccc2Cl)C1. The van der Waals surface area contributed by atoms with E-state index >= 15 is 0 Å². The second kappa shape index (κ2) is 4.91. The van der Waals surface area contributed by atoms with Crippen LogP contribution in [0.5, 0.6) is 0 Å². The molecule has 0 saturated heterocycles. The lowest BCUT2D eigenvalue weighted by Crippen LogP contribution is -2.57. The predicted octanol–water partition coefficient (Wildman–Crippen LogP) is 4.06. The van der Waals surface area contributed by atoms with E-state index in [9.17, 15) is 0 Å². The van der Waals surface area contributed by atoms with Gasteiger partial charge in [0.15, 0.2) is 5.96 Å². The van der Waals surface area contributed by atoms with Gasteiger partial charge < -0.3 is 10.6 Å². The lowest BCUT2D eigenvalue weighted by atomic mass is 9.64. The van der Waals surface area contributed by atoms with E-state index in [1.54, 1.807) is 0 Å². The molecule has 1 saturated carbocycles. The number of anilines is 1. The number of hydrogen-bond acceptors (Lipinski definition) is 3. The summed E-state index contributed by atoms with van der Waals surface area (Å²) in [6.07, 6.45) is 3.47. The third-order valence-electron chi connectivity index (χ3n) is 4.77. The molecular formula is C17H24ClN3. The molecule has 1 spiro atoms. The highest BCUT2D eigenvalue weighted by Crippen LogP contribution is 2.50. The fraction of sp³-hybridized carbons (Fsp3) is 0.588. The highest BCUT2D eigenvalue weighted by Gasteiger charge is 2.50. The molecule has 4 heteroatoms. The minimum Gasteiger partial charge on any atom is -0.369 e. The van der Waals surface area contributed by atoms with Crippen LogP contribution in [0.3, 0.4) is 0 Å². The molecule has 0 bridgehead atoms. The Morgan fingerprint density at radius 1 is 1.29 bits per heavy atom. The number of halogens is 1. The largest absolute Gasteiger partial charge is 0.369 e. The van der Waals surface area contributed by atoms with E-state index in [4.69, 9.17) is 17.3 Å². The van der Waals surface area contributed by atoms with Crippen LogP contribution < -0.4 is 10.6 Å². The van der Waals surface area contributed by atoms with Crippen molar-refractivity contribution in [1.29, 1.82) is 0 Å². The standard InChI is InChI=1S/C17H24ClN3/c1-12-8-16(2,3)10-17(9-12)11-20-15(19)21(17)14-7-5-4-6-13(14)18/h4-7,12H,8-11H2,1-3H3,(H2,19,20). The predicted molar refractivity (Wildman–Crippen MR) is 89.9 cm³/mol. The number of nitrogens with zero attached hydrogens (tertiary/aromatic N) is 2. The van der Waals surface area contributed by atoms with Crippen molar-refractivity contribution in [3.8, 4) is 0 Å². The topological polar surface area (TPSA) is 41.6 Å². The number of hydrogen-bond donors (Lipinski definition) is 1. The first-order chi connectivity index (χ1) is 9.83. The Labute approximate surface area is 132 Å². The average molecular weight is 306 g/mol. The van der Waals surface area contributed by atoms with Crippen LogP contribution >= 0.6 is 11.6 Å². The Hall–Kier alpha value is -1.22. The van der Waals surface area contributed by atoms with Crippen molar-refractivity contribution in [2.24, 2.45) is 22.1 Å². The number of guanidine groups is 1. The summed E-state index contributed by atoms with van der Waals surface area (Å²) in [5.41, 5.74) is 7.51. The lowest BCUT2D eigenvalue weighted by Gasteiger charge is -2.50. The number of nitrogens with two attached hydrogens (primary N) is 1. The van der Waals surface area contributed by atoms with Crippen molar-refractivity contribution in [3.05, 3.63) is 29.3 Å². The summed E-state index contributed by atoms with van der Waals surface area (Å²) in [6, 6.07) is 7.94. The van der Waals surface area contributed by atoms with E-state index in [-0.39, 0.29) is 5.54 Å². The van der Waals surface area contributed by atoms with E-state index in [0.717, 1.165) is 30.1 Å². The molecule has 1 aliphatic heterocycles. The zero-order chi connectivity index (χ0) is 15.3. The zero-order valence-corrected chi connectivity index (χ0v) is 13.8. The monoisotopic (exact) mass is 305 g/mol. The second-order valence-electron chi connectivity index (χ2n) is 7.54. The van der Waals surface area contributed by atoms with Crippen molar-refractivity contribution in [2.45, 2.75) is 45.6 Å². The van der Waals surface area contributed by atoms with E-state index in [0.29, 0.717) is 17.3 Å². The van der Waals surface area contributed by atoms with Gasteiger partial charge in [-0.15, -0.1) is 0 Å². The van der Waals surface area contributed by atoms with Crippen LogP contribution in [0.25, 0.3) is 0 Å². The van der Waals surface area contributed by atoms with Crippen LogP contribution in [0.1, 0.15) is 40.0 Å². The Morgan fingerprint density at radius 3 is 2.67 bits per heavy atom. The van der Waals surface area contributed by atoms with Gasteiger partial charge in [0, 0.05) is 0 Å². The molecule has 2 atom stereocenters. The molecule has 1 aliphatic carbocycles.